The van der Waals surface area contributed by atoms with Crippen molar-refractivity contribution in [1.29, 1.82) is 0 Å². The third-order valence-electron chi connectivity index (χ3n) is 4.49. The quantitative estimate of drug-likeness (QED) is 0.786. The molecule has 2 aromatic rings. The van der Waals surface area contributed by atoms with Gasteiger partial charge in [0.15, 0.2) is 0 Å². The maximum absolute atomic E-state index is 12.5. The SMILES string of the molecule is O=C(C[C@H](c1ccccc1)c1cccc(Cl)c1)NCCN1CCNC1=O. The van der Waals surface area contributed by atoms with Crippen LogP contribution in [-0.4, -0.2) is 43.0 Å². The summed E-state index contributed by atoms with van der Waals surface area (Å²) in [6.45, 7) is 2.32. The van der Waals surface area contributed by atoms with Gasteiger partial charge < -0.3 is 15.5 Å². The van der Waals surface area contributed by atoms with Crippen LogP contribution in [0.4, 0.5) is 4.79 Å². The van der Waals surface area contributed by atoms with E-state index in [0.717, 1.165) is 11.1 Å². The molecule has 26 heavy (non-hydrogen) atoms. The fourth-order valence-corrected chi connectivity index (χ4v) is 3.35. The molecule has 3 rings (SSSR count). The lowest BCUT2D eigenvalue weighted by molar-refractivity contribution is -0.121. The van der Waals surface area contributed by atoms with E-state index in [2.05, 4.69) is 10.6 Å². The highest BCUT2D eigenvalue weighted by Crippen LogP contribution is 2.29. The zero-order valence-corrected chi connectivity index (χ0v) is 15.2. The van der Waals surface area contributed by atoms with Crippen LogP contribution in [0.5, 0.6) is 0 Å². The maximum atomic E-state index is 12.5. The molecule has 2 aromatic carbocycles. The Labute approximate surface area is 158 Å². The number of rotatable bonds is 7. The molecular formula is C20H22ClN3O2. The van der Waals surface area contributed by atoms with Crippen molar-refractivity contribution in [3.05, 3.63) is 70.7 Å². The summed E-state index contributed by atoms with van der Waals surface area (Å²) in [6.07, 6.45) is 0.330. The Balaban J connectivity index is 1.64. The van der Waals surface area contributed by atoms with Gasteiger partial charge in [0.1, 0.15) is 0 Å². The van der Waals surface area contributed by atoms with Crippen LogP contribution in [0, 0.1) is 0 Å². The summed E-state index contributed by atoms with van der Waals surface area (Å²) in [7, 11) is 0. The van der Waals surface area contributed by atoms with Gasteiger partial charge in [-0.25, -0.2) is 4.79 Å². The fraction of sp³-hybridized carbons (Fsp3) is 0.300. The number of nitrogens with zero attached hydrogens (tertiary/aromatic N) is 1. The zero-order chi connectivity index (χ0) is 18.4. The minimum Gasteiger partial charge on any atom is -0.354 e. The summed E-state index contributed by atoms with van der Waals surface area (Å²) in [5, 5.41) is 6.33. The number of carbonyl (C=O) groups excluding carboxylic acids is 2. The molecule has 1 heterocycles. The van der Waals surface area contributed by atoms with E-state index in [1.807, 2.05) is 54.6 Å². The van der Waals surface area contributed by atoms with Crippen molar-refractivity contribution in [2.24, 2.45) is 0 Å². The number of urea groups is 1. The summed E-state index contributed by atoms with van der Waals surface area (Å²) in [4.78, 5) is 25.7. The summed E-state index contributed by atoms with van der Waals surface area (Å²) in [5.74, 6) is -0.108. The van der Waals surface area contributed by atoms with Crippen molar-refractivity contribution in [2.45, 2.75) is 12.3 Å². The summed E-state index contributed by atoms with van der Waals surface area (Å²) in [5.41, 5.74) is 2.08. The van der Waals surface area contributed by atoms with Crippen LogP contribution in [-0.2, 0) is 4.79 Å². The second-order valence-corrected chi connectivity index (χ2v) is 6.73. The first-order valence-corrected chi connectivity index (χ1v) is 9.11. The molecule has 0 radical (unpaired) electrons. The van der Waals surface area contributed by atoms with Gasteiger partial charge in [-0.1, -0.05) is 54.1 Å². The highest BCUT2D eigenvalue weighted by atomic mass is 35.5. The molecule has 1 atom stereocenters. The average Bonchev–Trinajstić information content (AvgIpc) is 3.05. The number of nitrogens with one attached hydrogen (secondary N) is 2. The molecule has 1 aliphatic heterocycles. The van der Waals surface area contributed by atoms with Crippen molar-refractivity contribution in [3.63, 3.8) is 0 Å². The Hall–Kier alpha value is -2.53. The molecule has 136 valence electrons. The maximum Gasteiger partial charge on any atom is 0.317 e. The van der Waals surface area contributed by atoms with Gasteiger partial charge in [-0.2, -0.15) is 0 Å². The largest absolute Gasteiger partial charge is 0.354 e. The lowest BCUT2D eigenvalue weighted by atomic mass is 9.88. The van der Waals surface area contributed by atoms with Crippen LogP contribution in [0.3, 0.4) is 0 Å². The number of amides is 3. The van der Waals surface area contributed by atoms with Crippen LogP contribution < -0.4 is 10.6 Å². The van der Waals surface area contributed by atoms with Gasteiger partial charge in [0, 0.05) is 43.5 Å². The van der Waals surface area contributed by atoms with Crippen molar-refractivity contribution in [2.75, 3.05) is 26.2 Å². The third-order valence-corrected chi connectivity index (χ3v) is 4.73. The van der Waals surface area contributed by atoms with Crippen LogP contribution >= 0.6 is 11.6 Å². The van der Waals surface area contributed by atoms with Crippen LogP contribution in [0.25, 0.3) is 0 Å². The highest BCUT2D eigenvalue weighted by Gasteiger charge is 2.20. The van der Waals surface area contributed by atoms with Crippen molar-refractivity contribution >= 4 is 23.5 Å². The Morgan fingerprint density at radius 2 is 1.92 bits per heavy atom. The fourth-order valence-electron chi connectivity index (χ4n) is 3.15. The molecule has 1 saturated heterocycles. The van der Waals surface area contributed by atoms with E-state index >= 15 is 0 Å². The molecule has 5 nitrogen and oxygen atoms in total. The summed E-state index contributed by atoms with van der Waals surface area (Å²) < 4.78 is 0. The van der Waals surface area contributed by atoms with Crippen molar-refractivity contribution in [1.82, 2.24) is 15.5 Å². The molecule has 0 aliphatic carbocycles. The minimum atomic E-state index is -0.0691. The van der Waals surface area contributed by atoms with Crippen molar-refractivity contribution < 1.29 is 9.59 Å². The Morgan fingerprint density at radius 3 is 2.62 bits per heavy atom. The molecule has 0 saturated carbocycles. The van der Waals surface area contributed by atoms with Gasteiger partial charge in [0.25, 0.3) is 0 Å². The predicted octanol–water partition coefficient (Wildman–Crippen LogP) is 3.00. The van der Waals surface area contributed by atoms with E-state index < -0.39 is 0 Å². The molecule has 1 fully saturated rings. The Bertz CT molecular complexity index is 767. The topological polar surface area (TPSA) is 61.4 Å². The Morgan fingerprint density at radius 1 is 1.15 bits per heavy atom. The lowest BCUT2D eigenvalue weighted by Crippen LogP contribution is -2.37. The van der Waals surface area contributed by atoms with E-state index in [9.17, 15) is 9.59 Å². The van der Waals surface area contributed by atoms with Crippen LogP contribution in [0.15, 0.2) is 54.6 Å². The van der Waals surface area contributed by atoms with Gasteiger partial charge in [-0.05, 0) is 23.3 Å². The number of carbonyl (C=O) groups is 2. The highest BCUT2D eigenvalue weighted by molar-refractivity contribution is 6.30. The number of hydrogen-bond donors (Lipinski definition) is 2. The molecule has 2 N–H and O–H groups in total. The molecular weight excluding hydrogens is 350 g/mol. The van der Waals surface area contributed by atoms with E-state index in [1.165, 1.54) is 0 Å². The standard InChI is InChI=1S/C20H22ClN3O2/c21-17-8-4-7-16(13-17)18(15-5-2-1-3-6-15)14-19(25)22-9-11-24-12-10-23-20(24)26/h1-8,13,18H,9-12,14H2,(H,22,25)(H,23,26)/t18-/m1/s1. The smallest absolute Gasteiger partial charge is 0.317 e. The first-order valence-electron chi connectivity index (χ1n) is 8.73. The zero-order valence-electron chi connectivity index (χ0n) is 14.5. The van der Waals surface area contributed by atoms with Gasteiger partial charge in [0.05, 0.1) is 0 Å². The minimum absolute atomic E-state index is 0.0431. The monoisotopic (exact) mass is 371 g/mol. The first-order chi connectivity index (χ1) is 12.6. The van der Waals surface area contributed by atoms with Gasteiger partial charge >= 0.3 is 6.03 Å². The second kappa shape index (κ2) is 8.72. The van der Waals surface area contributed by atoms with Gasteiger partial charge in [-0.3, -0.25) is 4.79 Å². The number of halogens is 1. The number of hydrogen-bond acceptors (Lipinski definition) is 2. The second-order valence-electron chi connectivity index (χ2n) is 6.29. The van der Waals surface area contributed by atoms with E-state index in [1.54, 1.807) is 4.90 Å². The Kier molecular flexibility index (Phi) is 6.12. The van der Waals surface area contributed by atoms with Gasteiger partial charge in [-0.15, -0.1) is 0 Å². The number of benzene rings is 2. The first kappa shape index (κ1) is 18.3. The van der Waals surface area contributed by atoms with Crippen LogP contribution in [0.1, 0.15) is 23.5 Å². The summed E-state index contributed by atoms with van der Waals surface area (Å²) >= 11 is 6.14. The van der Waals surface area contributed by atoms with Crippen molar-refractivity contribution in [3.8, 4) is 0 Å². The average molecular weight is 372 g/mol. The molecule has 3 amide bonds. The van der Waals surface area contributed by atoms with E-state index in [0.29, 0.717) is 37.6 Å². The molecule has 0 bridgehead atoms. The third kappa shape index (κ3) is 4.76. The van der Waals surface area contributed by atoms with E-state index in [-0.39, 0.29) is 17.9 Å². The normalized spacial score (nSPS) is 14.8. The van der Waals surface area contributed by atoms with E-state index in [4.69, 9.17) is 11.6 Å². The molecule has 0 unspecified atom stereocenters. The summed E-state index contributed by atoms with van der Waals surface area (Å²) in [6, 6.07) is 17.5. The lowest BCUT2D eigenvalue weighted by Gasteiger charge is -2.19. The molecule has 1 aliphatic rings. The molecule has 0 spiro atoms. The molecule has 6 heteroatoms. The van der Waals surface area contributed by atoms with Crippen LogP contribution in [0.2, 0.25) is 5.02 Å². The molecule has 0 aromatic heterocycles. The predicted molar refractivity (Wildman–Crippen MR) is 102 cm³/mol. The van der Waals surface area contributed by atoms with Gasteiger partial charge in [0.2, 0.25) is 5.91 Å².